The monoisotopic (exact) mass is 868 g/mol. The number of aromatic nitrogens is 3. The van der Waals surface area contributed by atoms with E-state index in [4.69, 9.17) is 33.7 Å². The maximum atomic E-state index is 14.2. The summed E-state index contributed by atoms with van der Waals surface area (Å²) in [5, 5.41) is 24.1. The molecule has 5 rings (SSSR count). The lowest BCUT2D eigenvalue weighted by molar-refractivity contribution is -0.204. The first-order valence-electron chi connectivity index (χ1n) is 22.3. The van der Waals surface area contributed by atoms with Crippen LogP contribution in [0.5, 0.6) is 0 Å². The summed E-state index contributed by atoms with van der Waals surface area (Å²) >= 11 is 0. The second-order valence-electron chi connectivity index (χ2n) is 17.0. The molecule has 16 heteroatoms. The Bertz CT molecular complexity index is 1950. The van der Waals surface area contributed by atoms with Gasteiger partial charge >= 0.3 is 7.82 Å². The molecule has 0 aliphatic carbocycles. The van der Waals surface area contributed by atoms with Crippen molar-refractivity contribution in [3.05, 3.63) is 59.3 Å². The highest BCUT2D eigenvalue weighted by Crippen LogP contribution is 2.52. The van der Waals surface area contributed by atoms with Crippen molar-refractivity contribution in [2.45, 2.75) is 185 Å². The number of nitrogens with two attached hydrogens (primary N) is 1. The molecule has 14 nitrogen and oxygen atoms in total. The predicted octanol–water partition coefficient (Wildman–Crippen LogP) is 10.3. The van der Waals surface area contributed by atoms with Gasteiger partial charge < -0.3 is 29.6 Å². The molecule has 2 aliphatic rings. The van der Waals surface area contributed by atoms with Gasteiger partial charge in [-0.2, -0.15) is 15.6 Å². The molecule has 3 aromatic rings. The van der Waals surface area contributed by atoms with Crippen molar-refractivity contribution < 1.29 is 41.8 Å². The summed E-state index contributed by atoms with van der Waals surface area (Å²) in [6, 6.07) is 11.5. The normalized spacial score (nSPS) is 22.2. The van der Waals surface area contributed by atoms with Crippen LogP contribution in [-0.4, -0.2) is 62.4 Å². The van der Waals surface area contributed by atoms with E-state index >= 15 is 0 Å². The fraction of sp³-hybridized carbons (Fsp3) is 0.689. The van der Waals surface area contributed by atoms with Gasteiger partial charge in [-0.15, -0.1) is 0 Å². The lowest BCUT2D eigenvalue weighted by Crippen LogP contribution is -2.45. The number of hydrogen-bond donors (Lipinski definition) is 2. The second kappa shape index (κ2) is 23.8. The van der Waals surface area contributed by atoms with Crippen molar-refractivity contribution in [3.8, 4) is 12.1 Å². The number of halogens is 1. The number of anilines is 1. The maximum Gasteiger partial charge on any atom is 0.472 e. The second-order valence-corrected chi connectivity index (χ2v) is 18.4. The average molecular weight is 869 g/mol. The van der Waals surface area contributed by atoms with E-state index in [0.29, 0.717) is 23.2 Å². The molecule has 2 aliphatic heterocycles. The Balaban J connectivity index is 1.09. The molecule has 2 saturated heterocycles. The Hall–Kier alpha value is -3.50. The van der Waals surface area contributed by atoms with Gasteiger partial charge in [-0.1, -0.05) is 122 Å². The molecular weight excluding hydrogens is 803 g/mol. The Morgan fingerprint density at radius 3 is 2.13 bits per heavy atom. The van der Waals surface area contributed by atoms with E-state index in [0.717, 1.165) is 31.7 Å². The van der Waals surface area contributed by atoms with Gasteiger partial charge in [0.2, 0.25) is 5.60 Å². The quantitative estimate of drug-likeness (QED) is 0.0494. The number of nitrogen functional groups attached to an aromatic ring is 1. The van der Waals surface area contributed by atoms with Crippen molar-refractivity contribution in [1.29, 1.82) is 10.5 Å². The van der Waals surface area contributed by atoms with Crippen molar-refractivity contribution in [3.63, 3.8) is 0 Å². The van der Waals surface area contributed by atoms with Gasteiger partial charge in [-0.3, -0.25) is 9.05 Å². The first kappa shape index (κ1) is 48.5. The van der Waals surface area contributed by atoms with Crippen LogP contribution in [-0.2, 0) is 39.2 Å². The fourth-order valence-corrected chi connectivity index (χ4v) is 9.06. The Morgan fingerprint density at radius 1 is 0.902 bits per heavy atom. The predicted molar refractivity (Wildman–Crippen MR) is 228 cm³/mol. The van der Waals surface area contributed by atoms with Gasteiger partial charge in [0, 0.05) is 0 Å². The summed E-state index contributed by atoms with van der Waals surface area (Å²) in [6.45, 7) is 4.63. The SMILES string of the molecule is CCCCCCCCCCCCCCCCCCCC[C@@H](COP(=O)(O)OC[C@@]1(C#N)OC(c2ccc3c(N)ncnn23)[C@@H]2OC(C)(C)O[C@@H]21)OCc1cc(F)cc(C#N)c1. The van der Waals surface area contributed by atoms with Gasteiger partial charge in [0.05, 0.1) is 36.6 Å². The molecule has 4 heterocycles. The molecule has 3 N–H and O–H groups in total. The fourth-order valence-electron chi connectivity index (χ4n) is 8.28. The van der Waals surface area contributed by atoms with E-state index in [1.165, 1.54) is 108 Å². The lowest BCUT2D eigenvalue weighted by atomic mass is 9.96. The zero-order chi connectivity index (χ0) is 43.7. The molecule has 0 spiro atoms. The van der Waals surface area contributed by atoms with E-state index in [-0.39, 0.29) is 24.6 Å². The number of nitriles is 2. The zero-order valence-corrected chi connectivity index (χ0v) is 37.2. The number of phosphoric ester groups is 1. The molecule has 0 amide bonds. The van der Waals surface area contributed by atoms with Gasteiger partial charge in [0.1, 0.15) is 48.6 Å². The molecule has 6 atom stereocenters. The highest BCUT2D eigenvalue weighted by atomic mass is 31.2. The molecule has 0 saturated carbocycles. The van der Waals surface area contributed by atoms with Crippen LogP contribution < -0.4 is 5.73 Å². The molecule has 0 bridgehead atoms. The molecule has 1 aromatic carbocycles. The van der Waals surface area contributed by atoms with Crippen LogP contribution in [0, 0.1) is 28.5 Å². The number of unbranched alkanes of at least 4 members (excludes halogenated alkanes) is 17. The number of benzene rings is 1. The summed E-state index contributed by atoms with van der Waals surface area (Å²) < 4.78 is 64.8. The Morgan fingerprint density at radius 2 is 1.52 bits per heavy atom. The molecule has 2 aromatic heterocycles. The minimum absolute atomic E-state index is 0.0376. The van der Waals surface area contributed by atoms with Gasteiger partial charge in [0.25, 0.3) is 0 Å². The Kier molecular flexibility index (Phi) is 18.9. The van der Waals surface area contributed by atoms with Crippen LogP contribution in [0.2, 0.25) is 0 Å². The number of rotatable bonds is 29. The van der Waals surface area contributed by atoms with E-state index in [1.807, 2.05) is 6.07 Å². The summed E-state index contributed by atoms with van der Waals surface area (Å²) in [5.41, 5.74) is 5.84. The van der Waals surface area contributed by atoms with Crippen molar-refractivity contribution in [2.24, 2.45) is 0 Å². The average Bonchev–Trinajstić information content (AvgIpc) is 3.90. The van der Waals surface area contributed by atoms with Crippen LogP contribution in [0.15, 0.2) is 36.7 Å². The number of fused-ring (bicyclic) bond motifs is 2. The lowest BCUT2D eigenvalue weighted by Gasteiger charge is -2.29. The topological polar surface area (TPSA) is 196 Å². The van der Waals surface area contributed by atoms with Crippen molar-refractivity contribution in [1.82, 2.24) is 14.6 Å². The summed E-state index contributed by atoms with van der Waals surface area (Å²) in [6.07, 6.45) is 21.0. The van der Waals surface area contributed by atoms with Crippen molar-refractivity contribution >= 4 is 19.2 Å². The molecule has 336 valence electrons. The van der Waals surface area contributed by atoms with E-state index in [2.05, 4.69) is 23.1 Å². The molecule has 2 fully saturated rings. The smallest absolute Gasteiger partial charge is 0.382 e. The molecule has 61 heavy (non-hydrogen) atoms. The number of hydrogen-bond acceptors (Lipinski definition) is 12. The van der Waals surface area contributed by atoms with Gasteiger partial charge in [-0.05, 0) is 56.2 Å². The van der Waals surface area contributed by atoms with Crippen LogP contribution in [0.3, 0.4) is 0 Å². The minimum Gasteiger partial charge on any atom is -0.382 e. The van der Waals surface area contributed by atoms with Crippen molar-refractivity contribution in [2.75, 3.05) is 18.9 Å². The largest absolute Gasteiger partial charge is 0.472 e. The summed E-state index contributed by atoms with van der Waals surface area (Å²) in [7, 11) is -4.80. The number of ether oxygens (including phenoxy) is 4. The van der Waals surface area contributed by atoms with Gasteiger partial charge in [-0.25, -0.2) is 18.5 Å². The van der Waals surface area contributed by atoms with Crippen LogP contribution in [0.4, 0.5) is 10.2 Å². The maximum absolute atomic E-state index is 14.2. The third-order valence-electron chi connectivity index (χ3n) is 11.5. The molecular formula is C45H66FN6O8P. The van der Waals surface area contributed by atoms with Crippen LogP contribution in [0.25, 0.3) is 5.52 Å². The third-order valence-corrected chi connectivity index (χ3v) is 12.5. The first-order valence-corrected chi connectivity index (χ1v) is 23.8. The summed E-state index contributed by atoms with van der Waals surface area (Å²) in [5.74, 6) is -1.42. The molecule has 0 radical (unpaired) electrons. The van der Waals surface area contributed by atoms with E-state index in [1.54, 1.807) is 30.5 Å². The highest BCUT2D eigenvalue weighted by Gasteiger charge is 2.65. The van der Waals surface area contributed by atoms with Gasteiger partial charge in [0.15, 0.2) is 11.6 Å². The molecule has 2 unspecified atom stereocenters. The third kappa shape index (κ3) is 14.5. The van der Waals surface area contributed by atoms with E-state index < -0.39 is 56.1 Å². The zero-order valence-electron chi connectivity index (χ0n) is 36.3. The van der Waals surface area contributed by atoms with E-state index in [9.17, 15) is 24.4 Å². The highest BCUT2D eigenvalue weighted by molar-refractivity contribution is 7.47. The first-order chi connectivity index (χ1) is 29.4. The number of nitrogens with zero attached hydrogens (tertiary/aromatic N) is 5. The summed E-state index contributed by atoms with van der Waals surface area (Å²) in [4.78, 5) is 14.9. The van der Waals surface area contributed by atoms with Crippen LogP contribution >= 0.6 is 7.82 Å². The standard InChI is InChI=1S/C45H66FN6O8P/c1-4-5-6-7-8-9-10-11-12-13-14-15-16-17-18-19-20-21-22-37(55-29-35-25-34(28-47)26-36(46)27-35)30-56-61(53,54)57-32-45(31-48)42-41(58-44(2,3)60-42)40(59-45)38-23-24-39-43(49)50-33-51-52(38)39/h23-27,33,37,40-42H,4-22,29-30,32H2,1-3H3,(H,53,54)(H2,49,50,51)/t37-,40?,41-,42-,45+/m0/s1. The number of phosphoric acid groups is 1. The Labute approximate surface area is 360 Å². The minimum atomic E-state index is -4.80. The van der Waals surface area contributed by atoms with Crippen LogP contribution in [0.1, 0.15) is 166 Å².